The Hall–Kier alpha value is -3.02. The van der Waals surface area contributed by atoms with Crippen molar-refractivity contribution in [1.82, 2.24) is 0 Å². The average molecular weight is 489 g/mol. The third-order valence-corrected chi connectivity index (χ3v) is 0.395. The quantitative estimate of drug-likeness (QED) is 0.348. The number of ether oxygens (including phenoxy) is 1. The molecule has 3 N–H and O–H groups in total. The molecule has 0 amide bonds. The molecule has 0 bridgehead atoms. The molecule has 0 aliphatic rings. The van der Waals surface area contributed by atoms with E-state index < -0.39 is 0 Å². The molecule has 0 aromatic carbocycles. The Balaban J connectivity index is -0.0000000130. The number of hydrogen-bond acceptors (Lipinski definition) is 4. The van der Waals surface area contributed by atoms with Crippen LogP contribution >= 0.6 is 0 Å². The second-order valence-electron chi connectivity index (χ2n) is 2.39. The molecule has 34 heavy (non-hydrogen) atoms. The zero-order valence-corrected chi connectivity index (χ0v) is 23.7. The molecular formula is C30H64O4. The van der Waals surface area contributed by atoms with Gasteiger partial charge in [-0.05, 0) is 20.8 Å². The summed E-state index contributed by atoms with van der Waals surface area (Å²) in [6.45, 7) is 64.1. The van der Waals surface area contributed by atoms with Gasteiger partial charge in [-0.1, -0.05) is 18.2 Å². The summed E-state index contributed by atoms with van der Waals surface area (Å²) in [5.41, 5.74) is 0. The Labute approximate surface area is 217 Å². The van der Waals surface area contributed by atoms with Gasteiger partial charge in [0.25, 0.3) is 0 Å². The van der Waals surface area contributed by atoms with Crippen LogP contribution < -0.4 is 0 Å². The summed E-state index contributed by atoms with van der Waals surface area (Å²) in [5, 5.41) is 23.2. The van der Waals surface area contributed by atoms with Gasteiger partial charge in [0.1, 0.15) is 0 Å². The zero-order chi connectivity index (χ0) is 31.7. The largest absolute Gasteiger partial charge is 0.394 e. The Morgan fingerprint density at radius 2 is 0.559 bits per heavy atom. The Bertz CT molecular complexity index is 166. The van der Waals surface area contributed by atoms with Crippen LogP contribution in [0.5, 0.6) is 0 Å². The van der Waals surface area contributed by atoms with Gasteiger partial charge in [-0.3, -0.25) is 0 Å². The predicted molar refractivity (Wildman–Crippen MR) is 171 cm³/mol. The maximum absolute atomic E-state index is 7.94. The van der Waals surface area contributed by atoms with Crippen LogP contribution in [0.15, 0.2) is 143 Å². The molecule has 0 unspecified atom stereocenters. The lowest BCUT2D eigenvalue weighted by Gasteiger charge is -1.84. The van der Waals surface area contributed by atoms with E-state index in [-0.39, 0.29) is 19.8 Å². The van der Waals surface area contributed by atoms with E-state index in [1.165, 1.54) is 0 Å². The molecule has 0 saturated heterocycles. The molecule has 0 rings (SSSR count). The van der Waals surface area contributed by atoms with Gasteiger partial charge < -0.3 is 20.1 Å². The summed E-state index contributed by atoms with van der Waals surface area (Å²) in [7, 11) is 1.55. The second kappa shape index (κ2) is 1020. The van der Waals surface area contributed by atoms with Crippen molar-refractivity contribution in [1.29, 1.82) is 0 Å². The monoisotopic (exact) mass is 488 g/mol. The van der Waals surface area contributed by atoms with Crippen LogP contribution in [0.3, 0.4) is 0 Å². The molecule has 0 aliphatic carbocycles. The smallest absolute Gasteiger partial charge is 0.0693 e. The summed E-state index contributed by atoms with van der Waals surface area (Å²) in [6.07, 6.45) is 5.25. The van der Waals surface area contributed by atoms with E-state index >= 15 is 0 Å². The molecule has 0 atom stereocenters. The van der Waals surface area contributed by atoms with Crippen LogP contribution in [0.4, 0.5) is 0 Å². The van der Waals surface area contributed by atoms with Crippen molar-refractivity contribution in [3.05, 3.63) is 143 Å². The minimum absolute atomic E-state index is 0.122. The fourth-order valence-electron chi connectivity index (χ4n) is 0.0913. The first-order valence-electron chi connectivity index (χ1n) is 9.60. The van der Waals surface area contributed by atoms with Crippen molar-refractivity contribution in [2.45, 2.75) is 20.8 Å². The van der Waals surface area contributed by atoms with E-state index in [2.05, 4.69) is 130 Å². The molecule has 0 spiro atoms. The topological polar surface area (TPSA) is 69.9 Å². The minimum Gasteiger partial charge on any atom is -0.394 e. The molecule has 0 heterocycles. The molecule has 208 valence electrons. The van der Waals surface area contributed by atoms with E-state index in [9.17, 15) is 0 Å². The molecule has 4 nitrogen and oxygen atoms in total. The molecule has 0 aromatic rings. The van der Waals surface area contributed by atoms with Crippen molar-refractivity contribution in [3.8, 4) is 0 Å². The SMILES string of the molecule is C=C.C=C.C=C.C=C.C=C.C=C.C=C.C=C.C=CC.C=CC.C=CC.COCCO.OCCO. The van der Waals surface area contributed by atoms with Gasteiger partial charge in [0.05, 0.1) is 26.4 Å². The molecule has 0 fully saturated rings. The Kier molecular flexibility index (Phi) is 2570. The van der Waals surface area contributed by atoms with E-state index in [1.54, 1.807) is 25.3 Å². The predicted octanol–water partition coefficient (Wildman–Crippen LogP) is 8.59. The van der Waals surface area contributed by atoms with E-state index in [1.807, 2.05) is 20.8 Å². The fourth-order valence-corrected chi connectivity index (χ4v) is 0.0913. The lowest BCUT2D eigenvalue weighted by molar-refractivity contribution is 0.135. The zero-order valence-electron chi connectivity index (χ0n) is 23.7. The standard InChI is InChI=1S/C3H8O2.3C3H6.C2H6O2.8C2H4/c1-5-3-2-4;3*1-3-2;3-1-2-4;8*1-2/h4H,2-3H2,1H3;3*3H,1H2,2H3;3-4H,1-2H2;8*1-2H2. The summed E-state index contributed by atoms with van der Waals surface area (Å²) >= 11 is 0. The third-order valence-electron chi connectivity index (χ3n) is 0.395. The highest BCUT2D eigenvalue weighted by molar-refractivity contribution is 4.52. The summed E-state index contributed by atoms with van der Waals surface area (Å²) < 4.78 is 4.44. The number of rotatable bonds is 3. The van der Waals surface area contributed by atoms with Crippen LogP contribution in [-0.4, -0.2) is 48.9 Å². The maximum atomic E-state index is 7.94. The van der Waals surface area contributed by atoms with Gasteiger partial charge in [0, 0.05) is 7.11 Å². The summed E-state index contributed by atoms with van der Waals surface area (Å²) in [5.74, 6) is 0. The molecule has 0 radical (unpaired) electrons. The van der Waals surface area contributed by atoms with Crippen LogP contribution in [0.2, 0.25) is 0 Å². The highest BCUT2D eigenvalue weighted by Gasteiger charge is 1.67. The summed E-state index contributed by atoms with van der Waals surface area (Å²) in [4.78, 5) is 0. The average Bonchev–Trinajstić information content (AvgIpc) is 2.95. The first kappa shape index (κ1) is 86.1. The molecule has 0 aromatic heterocycles. The van der Waals surface area contributed by atoms with E-state index in [0.29, 0.717) is 6.61 Å². The molecule has 0 saturated carbocycles. The number of aliphatic hydroxyl groups is 3. The van der Waals surface area contributed by atoms with Crippen LogP contribution in [0.25, 0.3) is 0 Å². The van der Waals surface area contributed by atoms with Crippen molar-refractivity contribution in [2.75, 3.05) is 33.5 Å². The first-order chi connectivity index (χ1) is 16.6. The van der Waals surface area contributed by atoms with E-state index in [0.717, 1.165) is 0 Å². The lowest BCUT2D eigenvalue weighted by Crippen LogP contribution is -1.91. The lowest BCUT2D eigenvalue weighted by atomic mass is 10.8. The van der Waals surface area contributed by atoms with Gasteiger partial charge >= 0.3 is 0 Å². The highest BCUT2D eigenvalue weighted by atomic mass is 16.5. The van der Waals surface area contributed by atoms with E-state index in [4.69, 9.17) is 15.3 Å². The van der Waals surface area contributed by atoms with Gasteiger partial charge in [-0.15, -0.1) is 125 Å². The van der Waals surface area contributed by atoms with Crippen molar-refractivity contribution in [3.63, 3.8) is 0 Å². The number of hydrogen-bond donors (Lipinski definition) is 3. The van der Waals surface area contributed by atoms with Gasteiger partial charge in [-0.2, -0.15) is 0 Å². The molecule has 0 aliphatic heterocycles. The van der Waals surface area contributed by atoms with Crippen LogP contribution in [0.1, 0.15) is 20.8 Å². The van der Waals surface area contributed by atoms with Crippen molar-refractivity contribution in [2.24, 2.45) is 0 Å². The normalized spacial score (nSPS) is 4.21. The van der Waals surface area contributed by atoms with Crippen molar-refractivity contribution >= 4 is 0 Å². The van der Waals surface area contributed by atoms with Crippen LogP contribution in [0, 0.1) is 0 Å². The van der Waals surface area contributed by atoms with Crippen LogP contribution in [-0.2, 0) is 4.74 Å². The Morgan fingerprint density at radius 1 is 0.441 bits per heavy atom. The number of methoxy groups -OCH3 is 1. The summed E-state index contributed by atoms with van der Waals surface area (Å²) in [6, 6.07) is 0. The number of allylic oxidation sites excluding steroid dienone is 3. The van der Waals surface area contributed by atoms with Crippen molar-refractivity contribution < 1.29 is 20.1 Å². The Morgan fingerprint density at radius 3 is 0.559 bits per heavy atom. The first-order valence-corrected chi connectivity index (χ1v) is 9.60. The minimum atomic E-state index is -0.125. The van der Waals surface area contributed by atoms with Gasteiger partial charge in [-0.25, -0.2) is 0 Å². The maximum Gasteiger partial charge on any atom is 0.0693 e. The van der Waals surface area contributed by atoms with Gasteiger partial charge in [0.15, 0.2) is 0 Å². The number of aliphatic hydroxyl groups excluding tert-OH is 3. The van der Waals surface area contributed by atoms with Gasteiger partial charge in [0.2, 0.25) is 0 Å². The third kappa shape index (κ3) is 56700000. The second-order valence-corrected chi connectivity index (χ2v) is 2.39. The fraction of sp³-hybridized carbons (Fsp3) is 0.267. The molecular weight excluding hydrogens is 424 g/mol. The molecule has 4 heteroatoms. The highest BCUT2D eigenvalue weighted by Crippen LogP contribution is 1.56.